The molecule has 3 aliphatic carbocycles. The molecule has 0 spiro atoms. The Morgan fingerprint density at radius 2 is 0.679 bits per heavy atom. The van der Waals surface area contributed by atoms with Gasteiger partial charge in [0.05, 0.1) is 0 Å². The molecule has 3 aliphatic rings. The van der Waals surface area contributed by atoms with Crippen molar-refractivity contribution in [2.24, 2.45) is 41.4 Å². The molecule has 0 heterocycles. The van der Waals surface area contributed by atoms with E-state index in [9.17, 15) is 0 Å². The van der Waals surface area contributed by atoms with Crippen LogP contribution in [0.5, 0.6) is 0 Å². The van der Waals surface area contributed by atoms with E-state index in [0.29, 0.717) is 0 Å². The molecule has 0 saturated heterocycles. The van der Waals surface area contributed by atoms with Crippen LogP contribution in [0.2, 0.25) is 0 Å². The molecule has 3 fully saturated rings. The normalized spacial score (nSPS) is 42.8. The van der Waals surface area contributed by atoms with Gasteiger partial charge in [0.1, 0.15) is 0 Å². The first kappa shape index (κ1) is 22.7. The predicted octanol–water partition coefficient (Wildman–Crippen LogP) is 9.42. The second-order valence-corrected chi connectivity index (χ2v) is 11.8. The Kier molecular flexibility index (Phi) is 9.72. The van der Waals surface area contributed by atoms with Gasteiger partial charge in [-0.1, -0.05) is 111 Å². The van der Waals surface area contributed by atoms with Crippen LogP contribution in [0, 0.1) is 41.4 Å². The second kappa shape index (κ2) is 12.0. The summed E-state index contributed by atoms with van der Waals surface area (Å²) in [6, 6.07) is 0. The predicted molar refractivity (Wildman–Crippen MR) is 125 cm³/mol. The second-order valence-electron chi connectivity index (χ2n) is 11.8. The molecule has 0 N–H and O–H groups in total. The molecule has 164 valence electrons. The Bertz CT molecular complexity index is 412. The van der Waals surface area contributed by atoms with Crippen molar-refractivity contribution in [1.29, 1.82) is 0 Å². The maximum Gasteiger partial charge on any atom is -0.0386 e. The molecule has 0 amide bonds. The van der Waals surface area contributed by atoms with Gasteiger partial charge in [0.15, 0.2) is 0 Å². The fourth-order valence-corrected chi connectivity index (χ4v) is 7.46. The Morgan fingerprint density at radius 1 is 0.321 bits per heavy atom. The molecule has 0 aromatic heterocycles. The lowest BCUT2D eigenvalue weighted by atomic mass is 9.77. The standard InChI is InChI=1S/C28H52/c1-22-9-4-5-12-25(13-6-10-22)27-15-8-16-28(20-19-27)26-14-7-11-23(2)21-24(3)17-18-26/h22-28H,4-21H2,1-3H3. The topological polar surface area (TPSA) is 0 Å². The van der Waals surface area contributed by atoms with Crippen LogP contribution in [-0.2, 0) is 0 Å². The van der Waals surface area contributed by atoms with E-state index >= 15 is 0 Å². The van der Waals surface area contributed by atoms with E-state index < -0.39 is 0 Å². The zero-order valence-electron chi connectivity index (χ0n) is 19.8. The van der Waals surface area contributed by atoms with E-state index in [1.807, 2.05) is 0 Å². The van der Waals surface area contributed by atoms with Crippen LogP contribution in [0.15, 0.2) is 0 Å². The molecule has 3 saturated carbocycles. The van der Waals surface area contributed by atoms with Crippen molar-refractivity contribution in [2.75, 3.05) is 0 Å². The van der Waals surface area contributed by atoms with Crippen LogP contribution in [0.1, 0.15) is 136 Å². The van der Waals surface area contributed by atoms with Crippen LogP contribution < -0.4 is 0 Å². The molecule has 0 radical (unpaired) electrons. The molecular weight excluding hydrogens is 336 g/mol. The molecule has 0 bridgehead atoms. The molecule has 0 heteroatoms. The molecule has 7 atom stereocenters. The molecule has 0 nitrogen and oxygen atoms in total. The number of rotatable bonds is 2. The highest BCUT2D eigenvalue weighted by Gasteiger charge is 2.30. The zero-order chi connectivity index (χ0) is 19.8. The summed E-state index contributed by atoms with van der Waals surface area (Å²) >= 11 is 0. The van der Waals surface area contributed by atoms with Gasteiger partial charge in [-0.05, 0) is 67.1 Å². The summed E-state index contributed by atoms with van der Waals surface area (Å²) in [5.74, 6) is 7.22. The zero-order valence-corrected chi connectivity index (χ0v) is 19.8. The van der Waals surface area contributed by atoms with Gasteiger partial charge >= 0.3 is 0 Å². The summed E-state index contributed by atoms with van der Waals surface area (Å²) in [4.78, 5) is 0. The van der Waals surface area contributed by atoms with Crippen LogP contribution in [0.4, 0.5) is 0 Å². The van der Waals surface area contributed by atoms with Crippen LogP contribution in [0.25, 0.3) is 0 Å². The summed E-state index contributed by atoms with van der Waals surface area (Å²) < 4.78 is 0. The summed E-state index contributed by atoms with van der Waals surface area (Å²) in [6.45, 7) is 7.53. The van der Waals surface area contributed by atoms with E-state index in [0.717, 1.165) is 41.4 Å². The third-order valence-electron chi connectivity index (χ3n) is 9.29. The minimum atomic E-state index is 0.968. The van der Waals surface area contributed by atoms with Crippen molar-refractivity contribution in [2.45, 2.75) is 136 Å². The number of hydrogen-bond acceptors (Lipinski definition) is 0. The quantitative estimate of drug-likeness (QED) is 0.413. The smallest absolute Gasteiger partial charge is 0.0386 e. The van der Waals surface area contributed by atoms with E-state index in [4.69, 9.17) is 0 Å². The van der Waals surface area contributed by atoms with E-state index in [1.165, 1.54) is 57.8 Å². The Hall–Kier alpha value is 0. The summed E-state index contributed by atoms with van der Waals surface area (Å²) in [6.07, 6.45) is 27.6. The summed E-state index contributed by atoms with van der Waals surface area (Å²) in [5, 5.41) is 0. The number of hydrogen-bond donors (Lipinski definition) is 0. The summed E-state index contributed by atoms with van der Waals surface area (Å²) in [7, 11) is 0. The van der Waals surface area contributed by atoms with Crippen molar-refractivity contribution in [3.63, 3.8) is 0 Å². The first-order valence-electron chi connectivity index (χ1n) is 13.6. The highest BCUT2D eigenvalue weighted by Crippen LogP contribution is 2.42. The third kappa shape index (κ3) is 7.36. The fourth-order valence-electron chi connectivity index (χ4n) is 7.46. The van der Waals surface area contributed by atoms with Gasteiger partial charge in [-0.3, -0.25) is 0 Å². The van der Waals surface area contributed by atoms with Crippen LogP contribution >= 0.6 is 0 Å². The monoisotopic (exact) mass is 388 g/mol. The van der Waals surface area contributed by atoms with Crippen molar-refractivity contribution in [3.8, 4) is 0 Å². The molecule has 0 aromatic rings. The lowest BCUT2D eigenvalue weighted by Crippen LogP contribution is -2.17. The average Bonchev–Trinajstić information content (AvgIpc) is 2.80. The first-order valence-corrected chi connectivity index (χ1v) is 13.6. The van der Waals surface area contributed by atoms with Crippen molar-refractivity contribution in [1.82, 2.24) is 0 Å². The fraction of sp³-hybridized carbons (Fsp3) is 1.00. The van der Waals surface area contributed by atoms with Gasteiger partial charge in [0.25, 0.3) is 0 Å². The Morgan fingerprint density at radius 3 is 1.32 bits per heavy atom. The van der Waals surface area contributed by atoms with Crippen LogP contribution in [-0.4, -0.2) is 0 Å². The molecule has 7 unspecified atom stereocenters. The maximum absolute atomic E-state index is 2.53. The molecular formula is C28H52. The lowest BCUT2D eigenvalue weighted by Gasteiger charge is -2.28. The van der Waals surface area contributed by atoms with Gasteiger partial charge < -0.3 is 0 Å². The minimum Gasteiger partial charge on any atom is -0.0625 e. The van der Waals surface area contributed by atoms with Crippen molar-refractivity contribution >= 4 is 0 Å². The lowest BCUT2D eigenvalue weighted by molar-refractivity contribution is 0.229. The van der Waals surface area contributed by atoms with E-state index in [1.54, 1.807) is 57.8 Å². The van der Waals surface area contributed by atoms with E-state index in [2.05, 4.69) is 20.8 Å². The average molecular weight is 389 g/mol. The molecule has 3 rings (SSSR count). The van der Waals surface area contributed by atoms with E-state index in [-0.39, 0.29) is 0 Å². The van der Waals surface area contributed by atoms with Gasteiger partial charge in [0, 0.05) is 0 Å². The highest BCUT2D eigenvalue weighted by atomic mass is 14.4. The Labute approximate surface area is 178 Å². The van der Waals surface area contributed by atoms with Crippen molar-refractivity contribution in [3.05, 3.63) is 0 Å². The SMILES string of the molecule is CC1CCCCC(C2CCCC(C3CCCC(C)CC(C)CC3)CC2)CCC1. The van der Waals surface area contributed by atoms with Gasteiger partial charge in [0.2, 0.25) is 0 Å². The molecule has 28 heavy (non-hydrogen) atoms. The van der Waals surface area contributed by atoms with Gasteiger partial charge in [-0.15, -0.1) is 0 Å². The highest BCUT2D eigenvalue weighted by molar-refractivity contribution is 4.81. The maximum atomic E-state index is 2.53. The van der Waals surface area contributed by atoms with Gasteiger partial charge in [-0.2, -0.15) is 0 Å². The summed E-state index contributed by atoms with van der Waals surface area (Å²) in [5.41, 5.74) is 0. The molecule has 0 aliphatic heterocycles. The molecule has 0 aromatic carbocycles. The van der Waals surface area contributed by atoms with Gasteiger partial charge in [-0.25, -0.2) is 0 Å². The first-order chi connectivity index (χ1) is 13.6. The van der Waals surface area contributed by atoms with Crippen LogP contribution in [0.3, 0.4) is 0 Å². The third-order valence-corrected chi connectivity index (χ3v) is 9.29. The van der Waals surface area contributed by atoms with Crippen molar-refractivity contribution < 1.29 is 0 Å². The minimum absolute atomic E-state index is 0.968. The largest absolute Gasteiger partial charge is 0.0625 e. The Balaban J connectivity index is 1.51.